The summed E-state index contributed by atoms with van der Waals surface area (Å²) in [5.41, 5.74) is 0. The van der Waals surface area contributed by atoms with Gasteiger partial charge in [0.15, 0.2) is 0 Å². The van der Waals surface area contributed by atoms with Gasteiger partial charge in [-0.1, -0.05) is 0 Å². The van der Waals surface area contributed by atoms with E-state index in [0.717, 1.165) is 38.4 Å². The first kappa shape index (κ1) is 19.0. The molecule has 2 aliphatic heterocycles. The Balaban J connectivity index is 2.11. The molecule has 2 bridgehead atoms. The molecule has 0 aromatic heterocycles. The minimum atomic E-state index is -2.61. The number of fused-ring (bicyclic) bond motifs is 2. The Morgan fingerprint density at radius 1 is 1.33 bits per heavy atom. The van der Waals surface area contributed by atoms with Gasteiger partial charge >= 0.3 is 0 Å². The number of aliphatic imine (C=N–C) groups is 2. The van der Waals surface area contributed by atoms with E-state index in [4.69, 9.17) is 4.74 Å². The highest BCUT2D eigenvalue weighted by Crippen LogP contribution is 2.39. The molecule has 2 unspecified atom stereocenters. The van der Waals surface area contributed by atoms with Crippen molar-refractivity contribution in [1.82, 2.24) is 4.90 Å². The second kappa shape index (κ2) is 8.19. The summed E-state index contributed by atoms with van der Waals surface area (Å²) in [7, 11) is 1.77. The Bertz CT molecular complexity index is 485. The maximum Gasteiger partial charge on any atom is 0.245 e. The molecular weight excluding hydrogens is 312 g/mol. The van der Waals surface area contributed by atoms with Gasteiger partial charge in [0.2, 0.25) is 5.92 Å². The lowest BCUT2D eigenvalue weighted by Crippen LogP contribution is -2.44. The first-order chi connectivity index (χ1) is 11.3. The summed E-state index contributed by atoms with van der Waals surface area (Å²) < 4.78 is 31.5. The second-order valence-electron chi connectivity index (χ2n) is 6.96. The summed E-state index contributed by atoms with van der Waals surface area (Å²) in [6.07, 6.45) is 7.48. The average molecular weight is 341 g/mol. The molecule has 4 nitrogen and oxygen atoms in total. The van der Waals surface area contributed by atoms with Crippen LogP contribution >= 0.6 is 0 Å². The van der Waals surface area contributed by atoms with Crippen LogP contribution < -0.4 is 0 Å². The number of amidine groups is 1. The zero-order valence-electron chi connectivity index (χ0n) is 15.0. The quantitative estimate of drug-likeness (QED) is 0.391. The van der Waals surface area contributed by atoms with Crippen LogP contribution in [-0.2, 0) is 4.74 Å². The highest BCUT2D eigenvalue weighted by molar-refractivity contribution is 5.84. The van der Waals surface area contributed by atoms with E-state index in [-0.39, 0.29) is 6.42 Å². The third kappa shape index (κ3) is 5.10. The first-order valence-corrected chi connectivity index (χ1v) is 8.75. The molecule has 2 fully saturated rings. The molecule has 0 radical (unpaired) electrons. The van der Waals surface area contributed by atoms with E-state index in [0.29, 0.717) is 36.9 Å². The molecule has 24 heavy (non-hydrogen) atoms. The maximum absolute atomic E-state index is 13.0. The first-order valence-electron chi connectivity index (χ1n) is 8.75. The number of halogens is 2. The number of hydrogen-bond donors (Lipinski definition) is 0. The molecule has 6 heteroatoms. The normalized spacial score (nSPS) is 28.4. The number of rotatable bonds is 7. The van der Waals surface area contributed by atoms with E-state index < -0.39 is 5.92 Å². The van der Waals surface area contributed by atoms with Crippen LogP contribution in [0.25, 0.3) is 0 Å². The molecular formula is C18H29F2N3O. The summed E-state index contributed by atoms with van der Waals surface area (Å²) in [5, 5.41) is 0. The number of nitrogens with zero attached hydrogens (tertiary/aromatic N) is 3. The molecule has 2 aliphatic rings. The Morgan fingerprint density at radius 3 is 2.46 bits per heavy atom. The molecule has 0 aliphatic carbocycles. The number of allylic oxidation sites excluding steroid dienone is 1. The molecule has 2 heterocycles. The number of ether oxygens (including phenoxy) is 1. The third-order valence-electron chi connectivity index (χ3n) is 4.94. The van der Waals surface area contributed by atoms with Gasteiger partial charge in [0.05, 0.1) is 6.10 Å². The van der Waals surface area contributed by atoms with Gasteiger partial charge in [-0.05, 0) is 65.2 Å². The van der Waals surface area contributed by atoms with E-state index in [1.807, 2.05) is 13.0 Å². The van der Waals surface area contributed by atoms with Crippen LogP contribution in [0.3, 0.4) is 0 Å². The Morgan fingerprint density at radius 2 is 1.96 bits per heavy atom. The van der Waals surface area contributed by atoms with Gasteiger partial charge in [0, 0.05) is 25.6 Å². The van der Waals surface area contributed by atoms with E-state index in [9.17, 15) is 8.78 Å². The average Bonchev–Trinajstić information content (AvgIpc) is 2.78. The monoisotopic (exact) mass is 341 g/mol. The van der Waals surface area contributed by atoms with Crippen LogP contribution in [0, 0.1) is 0 Å². The number of piperidine rings is 1. The van der Waals surface area contributed by atoms with Gasteiger partial charge in [-0.3, -0.25) is 0 Å². The topological polar surface area (TPSA) is 37.2 Å². The molecule has 0 spiro atoms. The van der Waals surface area contributed by atoms with Gasteiger partial charge in [0.1, 0.15) is 11.7 Å². The van der Waals surface area contributed by atoms with Gasteiger partial charge in [-0.2, -0.15) is 0 Å². The van der Waals surface area contributed by atoms with Gasteiger partial charge in [-0.25, -0.2) is 18.8 Å². The van der Waals surface area contributed by atoms with Gasteiger partial charge in [-0.15, -0.1) is 0 Å². The fourth-order valence-electron chi connectivity index (χ4n) is 3.75. The van der Waals surface area contributed by atoms with Crippen molar-refractivity contribution in [3.8, 4) is 0 Å². The largest absolute Gasteiger partial charge is 0.381 e. The predicted molar refractivity (Wildman–Crippen MR) is 93.9 cm³/mol. The number of methoxy groups -OCH3 is 1. The molecule has 0 saturated carbocycles. The summed E-state index contributed by atoms with van der Waals surface area (Å²) in [6, 6.07) is 0.822. The molecule has 136 valence electrons. The summed E-state index contributed by atoms with van der Waals surface area (Å²) in [6.45, 7) is 6.30. The molecule has 0 amide bonds. The van der Waals surface area contributed by atoms with E-state index in [1.165, 1.54) is 0 Å². The Kier molecular flexibility index (Phi) is 6.49. The van der Waals surface area contributed by atoms with Crippen molar-refractivity contribution >= 4 is 12.6 Å². The van der Waals surface area contributed by atoms with E-state index >= 15 is 0 Å². The van der Waals surface area contributed by atoms with Crippen molar-refractivity contribution in [2.75, 3.05) is 7.11 Å². The molecule has 2 saturated heterocycles. The minimum Gasteiger partial charge on any atom is -0.381 e. The van der Waals surface area contributed by atoms with Crippen LogP contribution in [-0.4, -0.2) is 48.7 Å². The maximum atomic E-state index is 13.0. The Labute approximate surface area is 143 Å². The second-order valence-corrected chi connectivity index (χ2v) is 6.96. The molecule has 0 aromatic rings. The lowest BCUT2D eigenvalue weighted by molar-refractivity contribution is 0.0108. The van der Waals surface area contributed by atoms with Gasteiger partial charge in [0.25, 0.3) is 0 Å². The third-order valence-corrected chi connectivity index (χ3v) is 4.94. The molecule has 2 atom stereocenters. The minimum absolute atomic E-state index is 0.0994. The number of alkyl halides is 2. The Hall–Kier alpha value is -1.30. The van der Waals surface area contributed by atoms with Crippen LogP contribution in [0.5, 0.6) is 0 Å². The van der Waals surface area contributed by atoms with Crippen LogP contribution in [0.1, 0.15) is 58.8 Å². The van der Waals surface area contributed by atoms with Crippen molar-refractivity contribution < 1.29 is 13.5 Å². The predicted octanol–water partition coefficient (Wildman–Crippen LogP) is 4.41. The van der Waals surface area contributed by atoms with E-state index in [2.05, 4.69) is 21.6 Å². The number of hydrogen-bond acceptors (Lipinski definition) is 3. The standard InChI is InChI=1S/C18H29F2N3O/c1-13(21-3)22-17(7-5-6-10-18(2,19)20)23-14-8-9-15(23)12-16(11-14)24-4/h7,14-16H,3,5-6,8-12H2,1-2,4H3/b17-7-,22-13-. The zero-order chi connectivity index (χ0) is 17.7. The zero-order valence-corrected chi connectivity index (χ0v) is 15.0. The van der Waals surface area contributed by atoms with Crippen LogP contribution in [0.15, 0.2) is 21.9 Å². The van der Waals surface area contributed by atoms with Crippen molar-refractivity contribution in [1.29, 1.82) is 0 Å². The van der Waals surface area contributed by atoms with Crippen molar-refractivity contribution in [3.05, 3.63) is 11.9 Å². The lowest BCUT2D eigenvalue weighted by Gasteiger charge is -2.40. The highest BCUT2D eigenvalue weighted by atomic mass is 19.3. The van der Waals surface area contributed by atoms with Crippen molar-refractivity contribution in [2.24, 2.45) is 9.98 Å². The lowest BCUT2D eigenvalue weighted by atomic mass is 9.99. The summed E-state index contributed by atoms with van der Waals surface area (Å²) in [5.74, 6) is -1.14. The molecule has 0 aromatic carbocycles. The smallest absolute Gasteiger partial charge is 0.245 e. The fraction of sp³-hybridized carbons (Fsp3) is 0.778. The number of unbranched alkanes of at least 4 members (excludes halogenated alkanes) is 1. The van der Waals surface area contributed by atoms with Gasteiger partial charge < -0.3 is 9.64 Å². The molecule has 2 rings (SSSR count). The summed E-state index contributed by atoms with van der Waals surface area (Å²) >= 11 is 0. The van der Waals surface area contributed by atoms with Crippen molar-refractivity contribution in [3.63, 3.8) is 0 Å². The van der Waals surface area contributed by atoms with Crippen LogP contribution in [0.4, 0.5) is 8.78 Å². The highest BCUT2D eigenvalue weighted by Gasteiger charge is 2.41. The van der Waals surface area contributed by atoms with Crippen molar-refractivity contribution in [2.45, 2.75) is 82.9 Å². The van der Waals surface area contributed by atoms with E-state index in [1.54, 1.807) is 7.11 Å². The fourth-order valence-corrected chi connectivity index (χ4v) is 3.75. The SMILES string of the molecule is C=N/C(C)=N\C(=C\CCCC(C)(F)F)N1C2CCC1CC(OC)C2. The summed E-state index contributed by atoms with van der Waals surface area (Å²) in [4.78, 5) is 10.8. The van der Waals surface area contributed by atoms with Crippen LogP contribution in [0.2, 0.25) is 0 Å². The molecule has 0 N–H and O–H groups in total.